The zero-order valence-corrected chi connectivity index (χ0v) is 16.5. The summed E-state index contributed by atoms with van der Waals surface area (Å²) in [5, 5.41) is 8.95. The van der Waals surface area contributed by atoms with E-state index in [0.29, 0.717) is 19.8 Å². The van der Waals surface area contributed by atoms with Gasteiger partial charge in [0.1, 0.15) is 9.31 Å². The van der Waals surface area contributed by atoms with Crippen molar-refractivity contribution in [2.75, 3.05) is 0 Å². The molecule has 1 saturated heterocycles. The highest BCUT2D eigenvalue weighted by Crippen LogP contribution is 2.35. The molecule has 0 bridgehead atoms. The van der Waals surface area contributed by atoms with Crippen LogP contribution in [0.2, 0.25) is 0 Å². The van der Waals surface area contributed by atoms with Gasteiger partial charge in [0.05, 0.1) is 22.6 Å². The Hall–Kier alpha value is -2.23. The van der Waals surface area contributed by atoms with E-state index in [0.717, 1.165) is 17.7 Å². The summed E-state index contributed by atoms with van der Waals surface area (Å²) >= 11 is 12.0. The monoisotopic (exact) mass is 439 g/mol. The molecule has 28 heavy (non-hydrogen) atoms. The molecule has 2 aromatic carbocycles. The van der Waals surface area contributed by atoms with Crippen molar-refractivity contribution < 1.29 is 23.1 Å². The summed E-state index contributed by atoms with van der Waals surface area (Å²) in [6.07, 6.45) is -2.64. The lowest BCUT2D eigenvalue weighted by Gasteiger charge is -2.17. The van der Waals surface area contributed by atoms with Gasteiger partial charge in [-0.15, -0.1) is 0 Å². The number of carbonyl (C=O) groups is 1. The Kier molecular flexibility index (Phi) is 5.87. The first-order valence-electron chi connectivity index (χ1n) is 7.90. The van der Waals surface area contributed by atoms with E-state index in [2.05, 4.69) is 0 Å². The van der Waals surface area contributed by atoms with E-state index >= 15 is 0 Å². The van der Waals surface area contributed by atoms with Crippen LogP contribution in [-0.2, 0) is 12.7 Å². The smallest absolute Gasteiger partial charge is 0.416 e. The van der Waals surface area contributed by atoms with Crippen LogP contribution in [0.3, 0.4) is 0 Å². The molecule has 0 aliphatic carbocycles. The maximum atomic E-state index is 12.9. The number of benzene rings is 2. The number of hydrogen-bond donors (Lipinski definition) is 1. The Morgan fingerprint density at radius 1 is 1.14 bits per heavy atom. The number of hydrogen-bond acceptors (Lipinski definition) is 4. The summed E-state index contributed by atoms with van der Waals surface area (Å²) in [4.78, 5) is 13.6. The van der Waals surface area contributed by atoms with Gasteiger partial charge < -0.3 is 10.0 Å². The molecule has 0 radical (unpaired) electrons. The van der Waals surface area contributed by atoms with Gasteiger partial charge in [0.25, 0.3) is 0 Å². The highest BCUT2D eigenvalue weighted by atomic mass is 32.2. The van der Waals surface area contributed by atoms with E-state index in [-0.39, 0.29) is 12.1 Å². The van der Waals surface area contributed by atoms with Crippen molar-refractivity contribution in [2.24, 2.45) is 0 Å². The highest BCUT2D eigenvalue weighted by molar-refractivity contribution is 8.27. The van der Waals surface area contributed by atoms with E-state index in [9.17, 15) is 18.0 Å². The standard InChI is InChI=1S/C19H12F3NO2S3/c20-19(21,22)14-3-1-2-12(8-14)10-23-16(26)15(28-18(23)27)9-11-4-6-13(7-5-11)17(24)25/h1-9H,10H2,(H,24,25)/b15-9-. The van der Waals surface area contributed by atoms with Crippen LogP contribution in [0.4, 0.5) is 13.2 Å². The Balaban J connectivity index is 1.79. The van der Waals surface area contributed by atoms with Crippen molar-refractivity contribution in [3.8, 4) is 0 Å². The minimum absolute atomic E-state index is 0.143. The van der Waals surface area contributed by atoms with Crippen molar-refractivity contribution in [3.05, 3.63) is 75.7 Å². The minimum Gasteiger partial charge on any atom is -0.478 e. The molecule has 0 saturated carbocycles. The molecule has 1 aliphatic heterocycles. The molecule has 1 aliphatic rings. The fourth-order valence-corrected chi connectivity index (χ4v) is 4.27. The molecule has 144 valence electrons. The minimum atomic E-state index is -4.41. The third-order valence-electron chi connectivity index (χ3n) is 3.92. The molecule has 2 aromatic rings. The average Bonchev–Trinajstić information content (AvgIpc) is 2.89. The topological polar surface area (TPSA) is 40.5 Å². The molecule has 9 heteroatoms. The maximum absolute atomic E-state index is 12.9. The molecule has 0 amide bonds. The fourth-order valence-electron chi connectivity index (χ4n) is 2.54. The van der Waals surface area contributed by atoms with Gasteiger partial charge in [-0.3, -0.25) is 0 Å². The molecular weight excluding hydrogens is 427 g/mol. The fraction of sp³-hybridized carbons (Fsp3) is 0.105. The summed E-state index contributed by atoms with van der Waals surface area (Å²) in [5.74, 6) is -1.02. The lowest BCUT2D eigenvalue weighted by atomic mass is 10.1. The van der Waals surface area contributed by atoms with Gasteiger partial charge in [-0.2, -0.15) is 13.2 Å². The van der Waals surface area contributed by atoms with E-state index in [4.69, 9.17) is 29.5 Å². The number of rotatable bonds is 4. The van der Waals surface area contributed by atoms with Crippen LogP contribution in [0.5, 0.6) is 0 Å². The first-order chi connectivity index (χ1) is 13.1. The van der Waals surface area contributed by atoms with Gasteiger partial charge in [-0.1, -0.05) is 60.5 Å². The first-order valence-corrected chi connectivity index (χ1v) is 9.53. The molecular formula is C19H12F3NO2S3. The molecule has 0 aromatic heterocycles. The van der Waals surface area contributed by atoms with E-state index < -0.39 is 17.7 Å². The van der Waals surface area contributed by atoms with Gasteiger partial charge in [-0.25, -0.2) is 4.79 Å². The summed E-state index contributed by atoms with van der Waals surface area (Å²) in [5.41, 5.74) is 0.652. The molecule has 0 spiro atoms. The molecule has 1 fully saturated rings. The third kappa shape index (κ3) is 4.60. The molecule has 0 atom stereocenters. The summed E-state index contributed by atoms with van der Waals surface area (Å²) in [7, 11) is 0. The second-order valence-electron chi connectivity index (χ2n) is 5.89. The molecule has 1 heterocycles. The Labute approximate surface area is 173 Å². The zero-order chi connectivity index (χ0) is 20.5. The van der Waals surface area contributed by atoms with Crippen molar-refractivity contribution in [2.45, 2.75) is 12.7 Å². The Bertz CT molecular complexity index is 985. The summed E-state index contributed by atoms with van der Waals surface area (Å²) in [6, 6.07) is 11.3. The number of alkyl halides is 3. The predicted molar refractivity (Wildman–Crippen MR) is 111 cm³/mol. The second kappa shape index (κ2) is 8.02. The number of aromatic carboxylic acids is 1. The van der Waals surface area contributed by atoms with E-state index in [1.54, 1.807) is 29.2 Å². The largest absolute Gasteiger partial charge is 0.478 e. The Morgan fingerprint density at radius 3 is 2.43 bits per heavy atom. The molecule has 3 nitrogen and oxygen atoms in total. The molecule has 0 unspecified atom stereocenters. The predicted octanol–water partition coefficient (Wildman–Crippen LogP) is 5.61. The maximum Gasteiger partial charge on any atom is 0.416 e. The van der Waals surface area contributed by atoms with Crippen LogP contribution in [0.1, 0.15) is 27.0 Å². The van der Waals surface area contributed by atoms with Crippen LogP contribution in [0.25, 0.3) is 6.08 Å². The number of carboxylic acids is 1. The van der Waals surface area contributed by atoms with Crippen LogP contribution in [0, 0.1) is 0 Å². The highest BCUT2D eigenvalue weighted by Gasteiger charge is 2.32. The average molecular weight is 440 g/mol. The normalized spacial score (nSPS) is 16.1. The number of halogens is 3. The SMILES string of the molecule is O=C(O)c1ccc(/C=C2\SC(=S)N(Cc3cccc(C(F)(F)F)c3)C2=S)cc1. The number of carboxylic acid groups (broad SMARTS) is 1. The molecule has 3 rings (SSSR count). The van der Waals surface area contributed by atoms with Crippen molar-refractivity contribution in [1.82, 2.24) is 4.90 Å². The van der Waals surface area contributed by atoms with Gasteiger partial charge in [0.2, 0.25) is 0 Å². The second-order valence-corrected chi connectivity index (χ2v) is 7.96. The molecule has 1 N–H and O–H groups in total. The lowest BCUT2D eigenvalue weighted by molar-refractivity contribution is -0.137. The number of thioether (sulfide) groups is 1. The van der Waals surface area contributed by atoms with Crippen molar-refractivity contribution >= 4 is 57.6 Å². The van der Waals surface area contributed by atoms with Crippen LogP contribution < -0.4 is 0 Å². The first kappa shape index (κ1) is 20.5. The zero-order valence-electron chi connectivity index (χ0n) is 14.1. The summed E-state index contributed by atoms with van der Waals surface area (Å²) in [6.45, 7) is 0.143. The van der Waals surface area contributed by atoms with Gasteiger partial charge in [-0.05, 0) is 41.5 Å². The van der Waals surface area contributed by atoms with Gasteiger partial charge in [0, 0.05) is 0 Å². The van der Waals surface area contributed by atoms with Gasteiger partial charge >= 0.3 is 12.1 Å². The quantitative estimate of drug-likeness (QED) is 0.494. The summed E-state index contributed by atoms with van der Waals surface area (Å²) < 4.78 is 39.2. The number of nitrogens with zero attached hydrogens (tertiary/aromatic N) is 1. The van der Waals surface area contributed by atoms with Crippen LogP contribution in [-0.4, -0.2) is 25.3 Å². The third-order valence-corrected chi connectivity index (χ3v) is 5.89. The van der Waals surface area contributed by atoms with Crippen LogP contribution >= 0.6 is 36.2 Å². The van der Waals surface area contributed by atoms with Gasteiger partial charge in [0.15, 0.2) is 0 Å². The van der Waals surface area contributed by atoms with E-state index in [1.165, 1.54) is 30.0 Å². The number of thiocarbonyl (C=S) groups is 2. The Morgan fingerprint density at radius 2 is 1.82 bits per heavy atom. The lowest BCUT2D eigenvalue weighted by Crippen LogP contribution is -2.26. The van der Waals surface area contributed by atoms with Crippen LogP contribution in [0.15, 0.2) is 53.4 Å². The van der Waals surface area contributed by atoms with Crippen molar-refractivity contribution in [1.29, 1.82) is 0 Å². The van der Waals surface area contributed by atoms with E-state index in [1.807, 2.05) is 0 Å². The van der Waals surface area contributed by atoms with Crippen molar-refractivity contribution in [3.63, 3.8) is 0 Å².